The average Bonchev–Trinajstić information content (AvgIpc) is 3.00. The second kappa shape index (κ2) is 3.88. The van der Waals surface area contributed by atoms with Crippen LogP contribution >= 0.6 is 0 Å². The van der Waals surface area contributed by atoms with Gasteiger partial charge >= 0.3 is 0 Å². The molecule has 6 heteroatoms. The van der Waals surface area contributed by atoms with Crippen LogP contribution in [0, 0.1) is 15.9 Å². The first-order valence-corrected chi connectivity index (χ1v) is 4.83. The lowest BCUT2D eigenvalue weighted by molar-refractivity contribution is -0.385. The van der Waals surface area contributed by atoms with Crippen LogP contribution in [0.3, 0.4) is 0 Å². The average molecular weight is 224 g/mol. The molecule has 0 radical (unpaired) electrons. The molecule has 0 saturated heterocycles. The number of hydrogen-bond acceptors (Lipinski definition) is 3. The number of carbonyl (C=O) groups is 1. The van der Waals surface area contributed by atoms with Crippen molar-refractivity contribution in [3.8, 4) is 0 Å². The summed E-state index contributed by atoms with van der Waals surface area (Å²) in [5, 5.41) is 13.2. The number of benzene rings is 1. The summed E-state index contributed by atoms with van der Waals surface area (Å²) >= 11 is 0. The molecule has 1 saturated carbocycles. The summed E-state index contributed by atoms with van der Waals surface area (Å²) in [5.74, 6) is -1.58. The molecule has 0 unspecified atom stereocenters. The largest absolute Gasteiger partial charge is 0.349 e. The Hall–Kier alpha value is -1.98. The molecule has 1 aliphatic rings. The van der Waals surface area contributed by atoms with Crippen LogP contribution in [0.25, 0.3) is 0 Å². The van der Waals surface area contributed by atoms with Gasteiger partial charge in [0.1, 0.15) is 5.82 Å². The molecule has 0 aromatic heterocycles. The highest BCUT2D eigenvalue weighted by atomic mass is 19.1. The smallest absolute Gasteiger partial charge is 0.285 e. The Labute approximate surface area is 90.4 Å². The van der Waals surface area contributed by atoms with Crippen molar-refractivity contribution in [2.24, 2.45) is 0 Å². The molecule has 2 rings (SSSR count). The van der Waals surface area contributed by atoms with Crippen molar-refractivity contribution in [2.75, 3.05) is 0 Å². The van der Waals surface area contributed by atoms with E-state index in [1.807, 2.05) is 0 Å². The normalized spacial score (nSPS) is 14.6. The van der Waals surface area contributed by atoms with Crippen LogP contribution in [0.15, 0.2) is 18.2 Å². The molecule has 1 amide bonds. The monoisotopic (exact) mass is 224 g/mol. The molecular weight excluding hydrogens is 215 g/mol. The molecular formula is C10H9FN2O3. The summed E-state index contributed by atoms with van der Waals surface area (Å²) < 4.78 is 13.4. The fourth-order valence-electron chi connectivity index (χ4n) is 1.37. The van der Waals surface area contributed by atoms with Crippen molar-refractivity contribution < 1.29 is 14.1 Å². The van der Waals surface area contributed by atoms with Crippen LogP contribution in [0.1, 0.15) is 23.2 Å². The standard InChI is InChI=1S/C10H9FN2O3/c11-7-2-1-3-8(13(15)16)9(7)10(14)12-6-4-5-6/h1-3,6H,4-5H2,(H,12,14). The molecule has 1 aliphatic carbocycles. The number of carbonyl (C=O) groups excluding carboxylic acids is 1. The van der Waals surface area contributed by atoms with E-state index in [0.717, 1.165) is 25.0 Å². The van der Waals surface area contributed by atoms with E-state index in [9.17, 15) is 19.3 Å². The third-order valence-corrected chi connectivity index (χ3v) is 2.33. The minimum atomic E-state index is -0.868. The first-order chi connectivity index (χ1) is 7.59. The Morgan fingerprint density at radius 3 is 2.75 bits per heavy atom. The number of nitro groups is 1. The highest BCUT2D eigenvalue weighted by molar-refractivity contribution is 5.98. The minimum absolute atomic E-state index is 0.0340. The van der Waals surface area contributed by atoms with E-state index < -0.39 is 27.9 Å². The van der Waals surface area contributed by atoms with Crippen LogP contribution in [0.2, 0.25) is 0 Å². The predicted molar refractivity (Wildman–Crippen MR) is 53.5 cm³/mol. The fraction of sp³-hybridized carbons (Fsp3) is 0.300. The molecule has 0 spiro atoms. The van der Waals surface area contributed by atoms with Crippen molar-refractivity contribution in [3.63, 3.8) is 0 Å². The van der Waals surface area contributed by atoms with Gasteiger partial charge in [-0.05, 0) is 18.9 Å². The molecule has 0 aliphatic heterocycles. The summed E-state index contributed by atoms with van der Waals surface area (Å²) in [6.45, 7) is 0. The lowest BCUT2D eigenvalue weighted by Gasteiger charge is -2.04. The maximum Gasteiger partial charge on any atom is 0.285 e. The van der Waals surface area contributed by atoms with E-state index in [1.165, 1.54) is 6.07 Å². The molecule has 0 atom stereocenters. The molecule has 1 fully saturated rings. The van der Waals surface area contributed by atoms with Gasteiger partial charge in [-0.25, -0.2) is 4.39 Å². The van der Waals surface area contributed by atoms with E-state index in [-0.39, 0.29) is 6.04 Å². The third kappa shape index (κ3) is 2.00. The highest BCUT2D eigenvalue weighted by Crippen LogP contribution is 2.24. The lowest BCUT2D eigenvalue weighted by Crippen LogP contribution is -2.27. The number of nitrogens with one attached hydrogen (secondary N) is 1. The Morgan fingerprint density at radius 1 is 1.50 bits per heavy atom. The summed E-state index contributed by atoms with van der Waals surface area (Å²) in [6, 6.07) is 3.40. The number of nitro benzene ring substituents is 1. The maximum absolute atomic E-state index is 13.4. The Kier molecular flexibility index (Phi) is 2.55. The maximum atomic E-state index is 13.4. The topological polar surface area (TPSA) is 72.2 Å². The summed E-state index contributed by atoms with van der Waals surface area (Å²) in [4.78, 5) is 21.5. The summed E-state index contributed by atoms with van der Waals surface area (Å²) in [5.41, 5.74) is -0.988. The Bertz CT molecular complexity index is 457. The predicted octanol–water partition coefficient (Wildman–Crippen LogP) is 1.63. The van der Waals surface area contributed by atoms with Crippen molar-refractivity contribution in [3.05, 3.63) is 39.7 Å². The van der Waals surface area contributed by atoms with Gasteiger partial charge in [-0.15, -0.1) is 0 Å². The minimum Gasteiger partial charge on any atom is -0.349 e. The number of hydrogen-bond donors (Lipinski definition) is 1. The molecule has 5 nitrogen and oxygen atoms in total. The van der Waals surface area contributed by atoms with Crippen LogP contribution in [0.4, 0.5) is 10.1 Å². The molecule has 0 heterocycles. The number of amides is 1. The lowest BCUT2D eigenvalue weighted by atomic mass is 10.1. The second-order valence-corrected chi connectivity index (χ2v) is 3.64. The van der Waals surface area contributed by atoms with Crippen molar-refractivity contribution >= 4 is 11.6 Å². The van der Waals surface area contributed by atoms with Crippen molar-refractivity contribution in [1.29, 1.82) is 0 Å². The number of rotatable bonds is 3. The van der Waals surface area contributed by atoms with Gasteiger partial charge < -0.3 is 5.32 Å². The van der Waals surface area contributed by atoms with Crippen LogP contribution in [-0.2, 0) is 0 Å². The molecule has 1 aromatic carbocycles. The quantitative estimate of drug-likeness (QED) is 0.626. The molecule has 0 bridgehead atoms. The van der Waals surface area contributed by atoms with Crippen LogP contribution in [-0.4, -0.2) is 16.9 Å². The van der Waals surface area contributed by atoms with Gasteiger partial charge in [0, 0.05) is 12.1 Å². The molecule has 1 aromatic rings. The van der Waals surface area contributed by atoms with Crippen LogP contribution in [0.5, 0.6) is 0 Å². The SMILES string of the molecule is O=C(NC1CC1)c1c(F)cccc1[N+](=O)[O-]. The zero-order valence-corrected chi connectivity index (χ0v) is 8.27. The Balaban J connectivity index is 2.35. The van der Waals surface area contributed by atoms with Crippen LogP contribution < -0.4 is 5.32 Å². The van der Waals surface area contributed by atoms with Crippen molar-refractivity contribution in [1.82, 2.24) is 5.32 Å². The highest BCUT2D eigenvalue weighted by Gasteiger charge is 2.29. The van der Waals surface area contributed by atoms with Gasteiger partial charge in [0.05, 0.1) is 4.92 Å². The summed E-state index contributed by atoms with van der Waals surface area (Å²) in [6.07, 6.45) is 1.68. The van der Waals surface area contributed by atoms with Gasteiger partial charge in [0.15, 0.2) is 5.56 Å². The molecule has 16 heavy (non-hydrogen) atoms. The molecule has 1 N–H and O–H groups in total. The van der Waals surface area contributed by atoms with E-state index in [2.05, 4.69) is 5.32 Å². The van der Waals surface area contributed by atoms with E-state index in [0.29, 0.717) is 0 Å². The van der Waals surface area contributed by atoms with E-state index in [1.54, 1.807) is 0 Å². The van der Waals surface area contributed by atoms with E-state index in [4.69, 9.17) is 0 Å². The Morgan fingerprint density at radius 2 is 2.19 bits per heavy atom. The van der Waals surface area contributed by atoms with Gasteiger partial charge in [0.2, 0.25) is 0 Å². The van der Waals surface area contributed by atoms with E-state index >= 15 is 0 Å². The van der Waals surface area contributed by atoms with Gasteiger partial charge in [-0.1, -0.05) is 6.07 Å². The number of nitrogens with zero attached hydrogens (tertiary/aromatic N) is 1. The van der Waals surface area contributed by atoms with Gasteiger partial charge in [-0.2, -0.15) is 0 Å². The number of halogens is 1. The molecule has 84 valence electrons. The fourth-order valence-corrected chi connectivity index (χ4v) is 1.37. The zero-order valence-electron chi connectivity index (χ0n) is 8.27. The second-order valence-electron chi connectivity index (χ2n) is 3.64. The first-order valence-electron chi connectivity index (χ1n) is 4.83. The third-order valence-electron chi connectivity index (χ3n) is 2.33. The zero-order chi connectivity index (χ0) is 11.7. The van der Waals surface area contributed by atoms with Gasteiger partial charge in [-0.3, -0.25) is 14.9 Å². The van der Waals surface area contributed by atoms with Crippen molar-refractivity contribution in [2.45, 2.75) is 18.9 Å². The van der Waals surface area contributed by atoms with Gasteiger partial charge in [0.25, 0.3) is 11.6 Å². The first kappa shape index (κ1) is 10.5. The summed E-state index contributed by atoms with van der Waals surface area (Å²) in [7, 11) is 0.